The van der Waals surface area contributed by atoms with Gasteiger partial charge in [0.15, 0.2) is 0 Å². The van der Waals surface area contributed by atoms with Crippen LogP contribution in [0.1, 0.15) is 59.2 Å². The molecular formula is C23H25BrO3S. The maximum Gasteiger partial charge on any atom is 0.343 e. The summed E-state index contributed by atoms with van der Waals surface area (Å²) in [7, 11) is 0. The molecule has 2 heterocycles. The second-order valence-corrected chi connectivity index (χ2v) is 9.20. The Labute approximate surface area is 178 Å². The molecule has 1 unspecified atom stereocenters. The number of benzene rings is 1. The Kier molecular flexibility index (Phi) is 7.13. The van der Waals surface area contributed by atoms with Crippen molar-refractivity contribution in [1.29, 1.82) is 0 Å². The van der Waals surface area contributed by atoms with Gasteiger partial charge in [0.2, 0.25) is 0 Å². The zero-order valence-electron chi connectivity index (χ0n) is 16.2. The van der Waals surface area contributed by atoms with Crippen molar-refractivity contribution in [2.75, 3.05) is 0 Å². The van der Waals surface area contributed by atoms with Crippen LogP contribution in [0.5, 0.6) is 5.75 Å². The molecule has 0 bridgehead atoms. The average Bonchev–Trinajstić information content (AvgIpc) is 3.11. The predicted molar refractivity (Wildman–Crippen MR) is 119 cm³/mol. The van der Waals surface area contributed by atoms with E-state index in [-0.39, 0.29) is 11.7 Å². The van der Waals surface area contributed by atoms with Gasteiger partial charge < -0.3 is 9.52 Å². The van der Waals surface area contributed by atoms with Crippen LogP contribution in [-0.4, -0.2) is 5.11 Å². The SMILES string of the molecule is CCCc1ccc(Cc2c(O)cc(C(CC)Cc3ccc(Br)cc3)oc2=O)s1. The second-order valence-electron chi connectivity index (χ2n) is 7.03. The molecule has 0 radical (unpaired) electrons. The first-order valence-electron chi connectivity index (χ1n) is 9.68. The van der Waals surface area contributed by atoms with Gasteiger partial charge >= 0.3 is 5.63 Å². The molecule has 28 heavy (non-hydrogen) atoms. The monoisotopic (exact) mass is 460 g/mol. The van der Waals surface area contributed by atoms with Gasteiger partial charge in [-0.15, -0.1) is 11.3 Å². The lowest BCUT2D eigenvalue weighted by atomic mass is 9.94. The van der Waals surface area contributed by atoms with E-state index in [0.717, 1.165) is 35.0 Å². The minimum Gasteiger partial charge on any atom is -0.507 e. The first-order valence-corrected chi connectivity index (χ1v) is 11.3. The molecule has 0 saturated carbocycles. The van der Waals surface area contributed by atoms with Gasteiger partial charge in [-0.25, -0.2) is 4.79 Å². The molecule has 0 fully saturated rings. The summed E-state index contributed by atoms with van der Waals surface area (Å²) < 4.78 is 6.68. The molecule has 0 aliphatic rings. The van der Waals surface area contributed by atoms with Crippen molar-refractivity contribution in [2.45, 2.75) is 51.9 Å². The number of thiophene rings is 1. The van der Waals surface area contributed by atoms with Gasteiger partial charge in [0, 0.05) is 32.6 Å². The van der Waals surface area contributed by atoms with Crippen molar-refractivity contribution < 1.29 is 9.52 Å². The van der Waals surface area contributed by atoms with E-state index >= 15 is 0 Å². The smallest absolute Gasteiger partial charge is 0.343 e. The first-order chi connectivity index (χ1) is 13.5. The molecule has 1 atom stereocenters. The third kappa shape index (κ3) is 5.15. The summed E-state index contributed by atoms with van der Waals surface area (Å²) in [5.74, 6) is 0.632. The minimum absolute atomic E-state index is 0.0333. The number of hydrogen-bond donors (Lipinski definition) is 1. The third-order valence-electron chi connectivity index (χ3n) is 4.90. The Morgan fingerprint density at radius 1 is 1.11 bits per heavy atom. The Balaban J connectivity index is 1.81. The van der Waals surface area contributed by atoms with Gasteiger partial charge in [-0.2, -0.15) is 0 Å². The quantitative estimate of drug-likeness (QED) is 0.420. The molecule has 0 amide bonds. The van der Waals surface area contributed by atoms with Gasteiger partial charge in [0.1, 0.15) is 11.5 Å². The van der Waals surface area contributed by atoms with Crippen LogP contribution in [0, 0.1) is 0 Å². The molecule has 3 nitrogen and oxygen atoms in total. The van der Waals surface area contributed by atoms with Gasteiger partial charge in [0.05, 0.1) is 5.56 Å². The lowest BCUT2D eigenvalue weighted by molar-refractivity contribution is 0.387. The van der Waals surface area contributed by atoms with E-state index in [9.17, 15) is 9.90 Å². The molecule has 1 N–H and O–H groups in total. The summed E-state index contributed by atoms with van der Waals surface area (Å²) in [6, 6.07) is 13.9. The van der Waals surface area contributed by atoms with Crippen LogP contribution < -0.4 is 5.63 Å². The molecule has 0 saturated heterocycles. The van der Waals surface area contributed by atoms with Gasteiger partial charge in [-0.05, 0) is 49.1 Å². The zero-order valence-corrected chi connectivity index (χ0v) is 18.6. The highest BCUT2D eigenvalue weighted by atomic mass is 79.9. The summed E-state index contributed by atoms with van der Waals surface area (Å²) in [4.78, 5) is 15.0. The van der Waals surface area contributed by atoms with E-state index in [2.05, 4.69) is 48.0 Å². The van der Waals surface area contributed by atoms with E-state index in [1.807, 2.05) is 18.2 Å². The summed E-state index contributed by atoms with van der Waals surface area (Å²) in [5.41, 5.74) is 1.07. The van der Waals surface area contributed by atoms with Gasteiger partial charge in [0.25, 0.3) is 0 Å². The molecule has 3 rings (SSSR count). The van der Waals surface area contributed by atoms with Crippen LogP contribution in [0.25, 0.3) is 0 Å². The van der Waals surface area contributed by atoms with E-state index in [1.165, 1.54) is 10.4 Å². The Bertz CT molecular complexity index is 972. The van der Waals surface area contributed by atoms with E-state index in [4.69, 9.17) is 4.42 Å². The molecule has 148 valence electrons. The molecule has 0 aliphatic carbocycles. The predicted octanol–water partition coefficient (Wildman–Crippen LogP) is 6.45. The minimum atomic E-state index is -0.435. The molecule has 0 aliphatic heterocycles. The number of hydrogen-bond acceptors (Lipinski definition) is 4. The van der Waals surface area contributed by atoms with E-state index in [1.54, 1.807) is 17.4 Å². The van der Waals surface area contributed by atoms with Crippen molar-refractivity contribution in [3.8, 4) is 5.75 Å². The van der Waals surface area contributed by atoms with Crippen LogP contribution in [0.4, 0.5) is 0 Å². The van der Waals surface area contributed by atoms with Crippen molar-refractivity contribution in [3.05, 3.63) is 84.0 Å². The number of rotatable bonds is 8. The topological polar surface area (TPSA) is 50.4 Å². The van der Waals surface area contributed by atoms with Crippen molar-refractivity contribution in [2.24, 2.45) is 0 Å². The Morgan fingerprint density at radius 2 is 1.82 bits per heavy atom. The lowest BCUT2D eigenvalue weighted by Crippen LogP contribution is -2.12. The Hall–Kier alpha value is -1.85. The number of halogens is 1. The fourth-order valence-corrected chi connectivity index (χ4v) is 4.71. The second kappa shape index (κ2) is 9.57. The van der Waals surface area contributed by atoms with Crippen LogP contribution in [-0.2, 0) is 19.3 Å². The highest BCUT2D eigenvalue weighted by molar-refractivity contribution is 9.10. The highest BCUT2D eigenvalue weighted by Crippen LogP contribution is 2.29. The van der Waals surface area contributed by atoms with E-state index in [0.29, 0.717) is 17.7 Å². The lowest BCUT2D eigenvalue weighted by Gasteiger charge is -2.15. The first kappa shape index (κ1) is 20.9. The Morgan fingerprint density at radius 3 is 2.46 bits per heavy atom. The third-order valence-corrected chi connectivity index (χ3v) is 6.57. The van der Waals surface area contributed by atoms with Gasteiger partial charge in [-0.1, -0.05) is 48.3 Å². The van der Waals surface area contributed by atoms with Crippen LogP contribution in [0.3, 0.4) is 0 Å². The molecular weight excluding hydrogens is 436 g/mol. The molecule has 2 aromatic heterocycles. The number of aromatic hydroxyl groups is 1. The molecule has 1 aromatic carbocycles. The van der Waals surface area contributed by atoms with Crippen molar-refractivity contribution in [1.82, 2.24) is 0 Å². The summed E-state index contributed by atoms with van der Waals surface area (Å²) in [5, 5.41) is 10.5. The van der Waals surface area contributed by atoms with Crippen LogP contribution in [0.15, 0.2) is 56.1 Å². The molecule has 3 aromatic rings. The molecule has 5 heteroatoms. The summed E-state index contributed by atoms with van der Waals surface area (Å²) in [6.45, 7) is 4.21. The molecule has 0 spiro atoms. The van der Waals surface area contributed by atoms with Crippen molar-refractivity contribution in [3.63, 3.8) is 0 Å². The fraction of sp³-hybridized carbons (Fsp3) is 0.348. The summed E-state index contributed by atoms with van der Waals surface area (Å²) >= 11 is 5.14. The van der Waals surface area contributed by atoms with Gasteiger partial charge in [-0.3, -0.25) is 0 Å². The maximum absolute atomic E-state index is 12.6. The summed E-state index contributed by atoms with van der Waals surface area (Å²) in [6.07, 6.45) is 4.13. The average molecular weight is 461 g/mol. The van der Waals surface area contributed by atoms with Crippen molar-refractivity contribution >= 4 is 27.3 Å². The zero-order chi connectivity index (χ0) is 20.1. The maximum atomic E-state index is 12.6. The normalized spacial score (nSPS) is 12.2. The number of aryl methyl sites for hydroxylation is 1. The fourth-order valence-electron chi connectivity index (χ4n) is 3.31. The van der Waals surface area contributed by atoms with Crippen LogP contribution >= 0.6 is 27.3 Å². The standard InChI is InChI=1S/C23H25BrO3S/c1-3-5-18-10-11-19(28-18)13-20-21(25)14-22(27-23(20)26)16(4-2)12-15-6-8-17(24)9-7-15/h6-11,14,16,25H,3-5,12-13H2,1-2H3. The van der Waals surface area contributed by atoms with Crippen LogP contribution in [0.2, 0.25) is 0 Å². The van der Waals surface area contributed by atoms with E-state index < -0.39 is 5.63 Å². The largest absolute Gasteiger partial charge is 0.507 e. The highest BCUT2D eigenvalue weighted by Gasteiger charge is 2.19.